The molecule has 0 aliphatic carbocycles. The number of carbonyl (C=O) groups is 10. The van der Waals surface area contributed by atoms with E-state index in [9.17, 15) is 47.9 Å². The lowest BCUT2D eigenvalue weighted by molar-refractivity contribution is -0.145. The molecule has 0 unspecified atom stereocenters. The first-order chi connectivity index (χ1) is 57.2. The van der Waals surface area contributed by atoms with Crippen molar-refractivity contribution in [2.75, 3.05) is 75.0 Å². The molecule has 119 heavy (non-hydrogen) atoms. The first-order valence-corrected chi connectivity index (χ1v) is 39.7. The van der Waals surface area contributed by atoms with E-state index in [1.807, 2.05) is 146 Å². The predicted octanol–water partition coefficient (Wildman–Crippen LogP) is 9.39. The molecule has 6 fully saturated rings. The summed E-state index contributed by atoms with van der Waals surface area (Å²) in [6, 6.07) is 51.5. The number of nitrogens with zero attached hydrogens (tertiary/aromatic N) is 5. The Balaban J connectivity index is 0.000000195. The highest BCUT2D eigenvalue weighted by Crippen LogP contribution is 2.40. The van der Waals surface area contributed by atoms with Crippen LogP contribution >= 0.6 is 0 Å². The highest BCUT2D eigenvalue weighted by molar-refractivity contribution is 5.97. The quantitative estimate of drug-likeness (QED) is 0.0207. The maximum atomic E-state index is 14.2. The molecule has 6 heterocycles. The molecule has 8 N–H and O–H groups in total. The van der Waals surface area contributed by atoms with Crippen LogP contribution in [0.3, 0.4) is 0 Å². The number of fused-ring (bicyclic) bond motifs is 3. The SMILES string of the molecule is C#CCO[C@H](C)[C@H](C)C(=O)O.C#CCO[C@H](C)[C@H](N)C(=O)N1CC[C@@H]2[C@H]1[C@@H](C(=O)Nc1ccccc1)CN2C(=O)OCc1ccccc1.C#CCO[C@H](C)[C@H](NC(=O)OC(C)(C)C)C(=O)N1CC[C@@H]2[C@H]1[C@@H](C(=O)Nc1ccccc1)CN2C(=O)OCc1ccccc1.O=C(Nc1ccccc1)[C@H]1CN(C(=O)OCc2ccccc2)[C@@H]2CCN[C@H]12. The van der Waals surface area contributed by atoms with Gasteiger partial charge >= 0.3 is 30.3 Å². The van der Waals surface area contributed by atoms with Gasteiger partial charge in [-0.3, -0.25) is 28.8 Å². The Hall–Kier alpha value is -12.3. The van der Waals surface area contributed by atoms with Crippen molar-refractivity contribution in [3.8, 4) is 37.0 Å². The van der Waals surface area contributed by atoms with Crippen LogP contribution in [0.25, 0.3) is 0 Å². The molecule has 0 spiro atoms. The number of hydrogen-bond donors (Lipinski definition) is 7. The highest BCUT2D eigenvalue weighted by atomic mass is 16.6. The Morgan fingerprint density at radius 3 is 1.19 bits per heavy atom. The molecule has 0 bridgehead atoms. The van der Waals surface area contributed by atoms with Crippen LogP contribution in [0.4, 0.5) is 36.2 Å². The van der Waals surface area contributed by atoms with Gasteiger partial charge in [-0.25, -0.2) is 19.2 Å². The lowest BCUT2D eigenvalue weighted by atomic mass is 9.97. The monoisotopic (exact) mass is 1630 g/mol. The van der Waals surface area contributed by atoms with Gasteiger partial charge in [0.05, 0.1) is 72.2 Å². The average Bonchev–Trinajstić information content (AvgIpc) is 1.62. The number of rotatable bonds is 25. The zero-order chi connectivity index (χ0) is 85.7. The van der Waals surface area contributed by atoms with Crippen molar-refractivity contribution in [2.24, 2.45) is 29.4 Å². The number of nitrogens with one attached hydrogen (secondary N) is 5. The highest BCUT2D eigenvalue weighted by Gasteiger charge is 2.58. The van der Waals surface area contributed by atoms with Crippen molar-refractivity contribution < 1.29 is 86.2 Å². The van der Waals surface area contributed by atoms with E-state index in [0.717, 1.165) is 35.3 Å². The lowest BCUT2D eigenvalue weighted by Crippen LogP contribution is -2.58. The van der Waals surface area contributed by atoms with Crippen LogP contribution in [-0.2, 0) is 81.7 Å². The zero-order valence-electron chi connectivity index (χ0n) is 68.0. The van der Waals surface area contributed by atoms with Crippen LogP contribution in [0.5, 0.6) is 0 Å². The number of benzene rings is 6. The summed E-state index contributed by atoms with van der Waals surface area (Å²) in [5.74, 6) is 2.46. The van der Waals surface area contributed by atoms with Crippen molar-refractivity contribution in [3.05, 3.63) is 199 Å². The summed E-state index contributed by atoms with van der Waals surface area (Å²) in [6.45, 7) is 14.3. The molecule has 29 nitrogen and oxygen atoms in total. The molecule has 630 valence electrons. The largest absolute Gasteiger partial charge is 0.481 e. The molecule has 0 aromatic heterocycles. The van der Waals surface area contributed by atoms with Gasteiger partial charge in [0.25, 0.3) is 0 Å². The first kappa shape index (κ1) is 90.6. The van der Waals surface area contributed by atoms with E-state index in [4.69, 9.17) is 63.3 Å². The van der Waals surface area contributed by atoms with Crippen LogP contribution in [0.2, 0.25) is 0 Å². The summed E-state index contributed by atoms with van der Waals surface area (Å²) >= 11 is 0. The fourth-order valence-corrected chi connectivity index (χ4v) is 15.1. The molecule has 6 aliphatic heterocycles. The summed E-state index contributed by atoms with van der Waals surface area (Å²) in [6.07, 6.45) is 13.4. The third-order valence-electron chi connectivity index (χ3n) is 21.3. The molecule has 9 amide bonds. The number of amides is 9. The van der Waals surface area contributed by atoms with Gasteiger partial charge in [0.15, 0.2) is 0 Å². The fraction of sp³-hybridized carbons (Fsp3) is 0.422. The standard InChI is InChI=1S/C33H40N4O7.C28H32N4O5.C21H23N3O3.C8H12O3/c1-6-19-42-22(2)27(35-31(40)44-33(3,4)5)30(39)36-18-17-26-28(36)25(29(38)34-24-15-11-8-12-16-24)20-37(26)32(41)43-21-23-13-9-7-10-14-23;1-3-16-36-19(2)24(29)27(34)31-15-14-23-25(31)22(26(33)30-21-12-8-5-9-13-21)17-32(23)28(35)37-18-20-10-6-4-7-11-20;25-20(23-16-9-5-2-6-10-16)17-13-24(18-11-12-22-19(17)18)21(26)27-14-15-7-3-1-4-8-15;1-4-5-11-7(3)6(2)8(9)10/h1,7-16,22,25-28H,17-21H2,2-5H3,(H,34,38)(H,35,40);1,4-13,19,22-25H,14-18,29H2,2H3,(H,30,33);1-10,17-19,22H,11-14H2,(H,23,25);1,6-7H,5H2,2-3H3,(H,9,10)/t22-,25+,26-,27+,28-;19-,22+,23-,24+,25-;17-,18+,19+;6-,7+/m1100/s1. The fourth-order valence-electron chi connectivity index (χ4n) is 15.1. The van der Waals surface area contributed by atoms with E-state index in [-0.39, 0.29) is 119 Å². The number of likely N-dealkylation sites (tertiary alicyclic amines) is 5. The third-order valence-corrected chi connectivity index (χ3v) is 21.3. The molecule has 0 radical (unpaired) electrons. The number of alkyl carbamates (subject to hydrolysis) is 1. The molecule has 12 rings (SSSR count). The number of anilines is 3. The Labute approximate surface area is 694 Å². The van der Waals surface area contributed by atoms with E-state index in [0.29, 0.717) is 37.3 Å². The minimum Gasteiger partial charge on any atom is -0.481 e. The van der Waals surface area contributed by atoms with Gasteiger partial charge in [-0.05, 0) is 127 Å². The number of terminal acetylenes is 3. The maximum Gasteiger partial charge on any atom is 0.410 e. The van der Waals surface area contributed by atoms with Gasteiger partial charge in [-0.15, -0.1) is 19.3 Å². The minimum absolute atomic E-state index is 0.000188. The smallest absolute Gasteiger partial charge is 0.410 e. The molecule has 6 saturated heterocycles. The van der Waals surface area contributed by atoms with Crippen molar-refractivity contribution in [1.29, 1.82) is 0 Å². The first-order valence-electron chi connectivity index (χ1n) is 39.7. The van der Waals surface area contributed by atoms with Crippen LogP contribution in [0, 0.1) is 60.7 Å². The second-order valence-electron chi connectivity index (χ2n) is 30.5. The number of aliphatic carboxylic acids is 1. The number of hydrogen-bond acceptors (Lipinski definition) is 19. The summed E-state index contributed by atoms with van der Waals surface area (Å²) < 4.78 is 38.2. The van der Waals surface area contributed by atoms with E-state index in [1.54, 1.807) is 104 Å². The third kappa shape index (κ3) is 25.4. The molecule has 6 aliphatic rings. The van der Waals surface area contributed by atoms with Gasteiger partial charge in [-0.2, -0.15) is 0 Å². The Kier molecular flexibility index (Phi) is 33.7. The van der Waals surface area contributed by atoms with Gasteiger partial charge in [0, 0.05) is 55.8 Å². The number of carbonyl (C=O) groups excluding carboxylic acids is 9. The van der Waals surface area contributed by atoms with Crippen LogP contribution in [0.15, 0.2) is 182 Å². The topological polar surface area (TPSA) is 358 Å². The molecular weight excluding hydrogens is 1520 g/mol. The van der Waals surface area contributed by atoms with E-state index < -0.39 is 95.9 Å². The Bertz CT molecular complexity index is 4490. The second kappa shape index (κ2) is 44.3. The minimum atomic E-state index is -1.16. The van der Waals surface area contributed by atoms with Gasteiger partial charge in [0.2, 0.25) is 29.5 Å². The summed E-state index contributed by atoms with van der Waals surface area (Å²) in [5.41, 5.74) is 10.1. The van der Waals surface area contributed by atoms with E-state index in [2.05, 4.69) is 44.3 Å². The number of nitrogens with two attached hydrogens (primary N) is 1. The summed E-state index contributed by atoms with van der Waals surface area (Å²) in [7, 11) is 0. The molecule has 15 atom stereocenters. The van der Waals surface area contributed by atoms with Crippen molar-refractivity contribution in [1.82, 2.24) is 35.1 Å². The normalized spacial score (nSPS) is 21.2. The summed E-state index contributed by atoms with van der Waals surface area (Å²) in [5, 5.41) is 23.3. The molecule has 0 saturated carbocycles. The molecule has 6 aromatic carbocycles. The van der Waals surface area contributed by atoms with Crippen molar-refractivity contribution in [2.45, 2.75) is 160 Å². The Morgan fingerprint density at radius 2 is 0.815 bits per heavy atom. The lowest BCUT2D eigenvalue weighted by Gasteiger charge is -2.33. The van der Waals surface area contributed by atoms with Crippen LogP contribution < -0.4 is 32.3 Å². The Morgan fingerprint density at radius 1 is 0.471 bits per heavy atom. The molecular formula is C90H107N11O18. The number of carboxylic acid groups (broad SMARTS) is 1. The molecule has 29 heteroatoms. The predicted molar refractivity (Wildman–Crippen MR) is 444 cm³/mol. The van der Waals surface area contributed by atoms with E-state index in [1.165, 1.54) is 4.90 Å². The number of carboxylic acids is 1. The van der Waals surface area contributed by atoms with Crippen molar-refractivity contribution >= 4 is 76.9 Å². The van der Waals surface area contributed by atoms with Gasteiger partial charge < -0.3 is 95.1 Å². The van der Waals surface area contributed by atoms with Gasteiger partial charge in [-0.1, -0.05) is 163 Å². The maximum absolute atomic E-state index is 14.2. The summed E-state index contributed by atoms with van der Waals surface area (Å²) in [4.78, 5) is 138. The second-order valence-corrected chi connectivity index (χ2v) is 30.5. The zero-order valence-corrected chi connectivity index (χ0v) is 68.0. The van der Waals surface area contributed by atoms with Crippen LogP contribution in [0.1, 0.15) is 84.4 Å². The molecule has 6 aromatic rings. The number of para-hydroxylation sites is 3. The average molecular weight is 1630 g/mol. The van der Waals surface area contributed by atoms with Gasteiger partial charge in [0.1, 0.15) is 57.3 Å². The number of ether oxygens (including phenoxy) is 7. The van der Waals surface area contributed by atoms with Crippen LogP contribution in [-0.4, -0.2) is 221 Å². The van der Waals surface area contributed by atoms with Crippen molar-refractivity contribution in [3.63, 3.8) is 0 Å². The van der Waals surface area contributed by atoms with E-state index >= 15 is 0 Å².